The van der Waals surface area contributed by atoms with Crippen LogP contribution in [0, 0.1) is 0 Å². The molecule has 1 heterocycles. The molecule has 0 bridgehead atoms. The van der Waals surface area contributed by atoms with Crippen LogP contribution in [-0.4, -0.2) is 55.0 Å². The number of carbonyl (C=O) groups excluding carboxylic acids is 1. The van der Waals surface area contributed by atoms with E-state index >= 15 is 0 Å². The van der Waals surface area contributed by atoms with Gasteiger partial charge in [0.25, 0.3) is 0 Å². The minimum absolute atomic E-state index is 0.311. The molecule has 0 N–H and O–H groups in total. The molecule has 1 amide bonds. The summed E-state index contributed by atoms with van der Waals surface area (Å²) in [6, 6.07) is 7.53. The average Bonchev–Trinajstić information content (AvgIpc) is 2.57. The Balaban J connectivity index is 1.63. The van der Waals surface area contributed by atoms with Crippen LogP contribution in [0.5, 0.6) is 5.75 Å². The van der Waals surface area contributed by atoms with E-state index in [0.29, 0.717) is 24.0 Å². The summed E-state index contributed by atoms with van der Waals surface area (Å²) in [5.74, 6) is 1.05. The smallest absolute Gasteiger partial charge is 0.222 e. The number of unbranched alkanes of at least 4 members (excludes halogenated alkanes) is 2. The van der Waals surface area contributed by atoms with Gasteiger partial charge in [-0.3, -0.25) is 9.69 Å². The molecule has 23 heavy (non-hydrogen) atoms. The monoisotopic (exact) mass is 338 g/mol. The first kappa shape index (κ1) is 18.1. The van der Waals surface area contributed by atoms with Crippen molar-refractivity contribution in [2.24, 2.45) is 0 Å². The highest BCUT2D eigenvalue weighted by atomic mass is 35.5. The van der Waals surface area contributed by atoms with Crippen LogP contribution >= 0.6 is 11.6 Å². The maximum Gasteiger partial charge on any atom is 0.222 e. The van der Waals surface area contributed by atoms with Gasteiger partial charge in [-0.2, -0.15) is 0 Å². The van der Waals surface area contributed by atoms with E-state index in [9.17, 15) is 4.79 Å². The molecule has 0 radical (unpaired) electrons. The molecular formula is C18H27ClN2O2. The number of hydrogen-bond donors (Lipinski definition) is 0. The van der Waals surface area contributed by atoms with Crippen LogP contribution in [0.25, 0.3) is 0 Å². The molecule has 1 aromatic carbocycles. The van der Waals surface area contributed by atoms with Gasteiger partial charge in [-0.25, -0.2) is 0 Å². The van der Waals surface area contributed by atoms with Gasteiger partial charge in [0.1, 0.15) is 12.4 Å². The Morgan fingerprint density at radius 2 is 1.91 bits per heavy atom. The molecule has 0 saturated carbocycles. The van der Waals surface area contributed by atoms with Crippen LogP contribution in [0.3, 0.4) is 0 Å². The molecule has 5 heteroatoms. The standard InChI is InChI=1S/C18H27ClN2O2/c1-2-3-4-9-18(22)21-12-10-20(11-13-21)14-15-23-17-8-6-5-7-16(17)19/h5-8H,2-4,9-15H2,1H3. The molecule has 0 aliphatic carbocycles. The summed E-state index contributed by atoms with van der Waals surface area (Å²) >= 11 is 6.07. The topological polar surface area (TPSA) is 32.8 Å². The number of nitrogens with zero attached hydrogens (tertiary/aromatic N) is 2. The van der Waals surface area contributed by atoms with E-state index in [1.807, 2.05) is 29.2 Å². The Labute approximate surface area is 144 Å². The van der Waals surface area contributed by atoms with Crippen molar-refractivity contribution >= 4 is 17.5 Å². The van der Waals surface area contributed by atoms with E-state index in [1.54, 1.807) is 0 Å². The van der Waals surface area contributed by atoms with Gasteiger partial charge in [-0.1, -0.05) is 43.5 Å². The number of rotatable bonds is 8. The molecule has 0 aromatic heterocycles. The van der Waals surface area contributed by atoms with E-state index in [1.165, 1.54) is 0 Å². The van der Waals surface area contributed by atoms with Crippen LogP contribution in [0.1, 0.15) is 32.6 Å². The summed E-state index contributed by atoms with van der Waals surface area (Å²) in [5, 5.41) is 0.648. The zero-order chi connectivity index (χ0) is 16.5. The van der Waals surface area contributed by atoms with Crippen molar-refractivity contribution in [3.8, 4) is 5.75 Å². The quantitative estimate of drug-likeness (QED) is 0.681. The molecule has 0 atom stereocenters. The molecule has 1 aliphatic rings. The molecule has 0 unspecified atom stereocenters. The van der Waals surface area contributed by atoms with Crippen LogP contribution < -0.4 is 4.74 Å². The Morgan fingerprint density at radius 1 is 1.17 bits per heavy atom. The summed E-state index contributed by atoms with van der Waals surface area (Å²) in [6.07, 6.45) is 4.02. The Hall–Kier alpha value is -1.26. The highest BCUT2D eigenvalue weighted by Gasteiger charge is 2.20. The molecule has 128 valence electrons. The molecule has 1 fully saturated rings. The molecule has 1 aromatic rings. The lowest BCUT2D eigenvalue weighted by atomic mass is 10.2. The molecule has 0 spiro atoms. The fourth-order valence-corrected chi connectivity index (χ4v) is 2.94. The maximum atomic E-state index is 12.1. The largest absolute Gasteiger partial charge is 0.491 e. The number of halogens is 1. The third-order valence-electron chi connectivity index (χ3n) is 4.22. The maximum absolute atomic E-state index is 12.1. The van der Waals surface area contributed by atoms with E-state index < -0.39 is 0 Å². The third-order valence-corrected chi connectivity index (χ3v) is 4.53. The van der Waals surface area contributed by atoms with Gasteiger partial charge in [0, 0.05) is 39.1 Å². The van der Waals surface area contributed by atoms with Crippen LogP contribution in [0.4, 0.5) is 0 Å². The summed E-state index contributed by atoms with van der Waals surface area (Å²) in [6.45, 7) is 7.15. The second-order valence-corrected chi connectivity index (χ2v) is 6.37. The number of piperazine rings is 1. The van der Waals surface area contributed by atoms with Gasteiger partial charge < -0.3 is 9.64 Å². The Bertz CT molecular complexity index is 488. The second-order valence-electron chi connectivity index (χ2n) is 5.96. The number of para-hydroxylation sites is 1. The van der Waals surface area contributed by atoms with Gasteiger partial charge in [0.2, 0.25) is 5.91 Å². The highest BCUT2D eigenvalue weighted by Crippen LogP contribution is 2.22. The average molecular weight is 339 g/mol. The van der Waals surface area contributed by atoms with Gasteiger partial charge in [-0.15, -0.1) is 0 Å². The first-order valence-electron chi connectivity index (χ1n) is 8.58. The van der Waals surface area contributed by atoms with Crippen molar-refractivity contribution < 1.29 is 9.53 Å². The fourth-order valence-electron chi connectivity index (χ4n) is 2.75. The van der Waals surface area contributed by atoms with Crippen LogP contribution in [0.15, 0.2) is 24.3 Å². The highest BCUT2D eigenvalue weighted by molar-refractivity contribution is 6.32. The Kier molecular flexibility index (Phi) is 7.69. The van der Waals surface area contributed by atoms with Crippen molar-refractivity contribution in [2.45, 2.75) is 32.6 Å². The lowest BCUT2D eigenvalue weighted by molar-refractivity contribution is -0.133. The predicted molar refractivity (Wildman–Crippen MR) is 94.1 cm³/mol. The number of ether oxygens (including phenoxy) is 1. The number of amides is 1. The minimum Gasteiger partial charge on any atom is -0.491 e. The summed E-state index contributed by atoms with van der Waals surface area (Å²) in [4.78, 5) is 16.4. The van der Waals surface area contributed by atoms with E-state index in [2.05, 4.69) is 11.8 Å². The first-order chi connectivity index (χ1) is 11.2. The third kappa shape index (κ3) is 6.04. The van der Waals surface area contributed by atoms with E-state index in [0.717, 1.165) is 57.7 Å². The van der Waals surface area contributed by atoms with Gasteiger partial charge in [0.15, 0.2) is 0 Å². The molecule has 4 nitrogen and oxygen atoms in total. The second kappa shape index (κ2) is 9.78. The zero-order valence-corrected chi connectivity index (χ0v) is 14.7. The van der Waals surface area contributed by atoms with Crippen molar-refractivity contribution in [1.29, 1.82) is 0 Å². The molecule has 1 aliphatic heterocycles. The van der Waals surface area contributed by atoms with Gasteiger partial charge in [-0.05, 0) is 18.6 Å². The van der Waals surface area contributed by atoms with E-state index in [-0.39, 0.29) is 0 Å². The van der Waals surface area contributed by atoms with Crippen LogP contribution in [0.2, 0.25) is 5.02 Å². The number of benzene rings is 1. The lowest BCUT2D eigenvalue weighted by Crippen LogP contribution is -2.49. The van der Waals surface area contributed by atoms with Crippen LogP contribution in [-0.2, 0) is 4.79 Å². The summed E-state index contributed by atoms with van der Waals surface area (Å²) in [7, 11) is 0. The lowest BCUT2D eigenvalue weighted by Gasteiger charge is -2.34. The normalized spacial score (nSPS) is 15.7. The molecule has 1 saturated heterocycles. The SMILES string of the molecule is CCCCCC(=O)N1CCN(CCOc2ccccc2Cl)CC1. The first-order valence-corrected chi connectivity index (χ1v) is 8.96. The van der Waals surface area contributed by atoms with Crippen molar-refractivity contribution in [3.63, 3.8) is 0 Å². The van der Waals surface area contributed by atoms with Gasteiger partial charge in [0.05, 0.1) is 5.02 Å². The van der Waals surface area contributed by atoms with E-state index in [4.69, 9.17) is 16.3 Å². The fraction of sp³-hybridized carbons (Fsp3) is 0.611. The molecular weight excluding hydrogens is 312 g/mol. The van der Waals surface area contributed by atoms with Crippen molar-refractivity contribution in [3.05, 3.63) is 29.3 Å². The van der Waals surface area contributed by atoms with Crippen molar-refractivity contribution in [2.75, 3.05) is 39.3 Å². The number of carbonyl (C=O) groups is 1. The summed E-state index contributed by atoms with van der Waals surface area (Å²) < 4.78 is 5.73. The van der Waals surface area contributed by atoms with Crippen molar-refractivity contribution in [1.82, 2.24) is 9.80 Å². The van der Waals surface area contributed by atoms with Gasteiger partial charge >= 0.3 is 0 Å². The minimum atomic E-state index is 0.311. The predicted octanol–water partition coefficient (Wildman–Crippen LogP) is 3.44. The summed E-state index contributed by atoms with van der Waals surface area (Å²) in [5.41, 5.74) is 0. The zero-order valence-electron chi connectivity index (χ0n) is 14.0. The molecule has 2 rings (SSSR count). The Morgan fingerprint density at radius 3 is 2.61 bits per heavy atom. The number of hydrogen-bond acceptors (Lipinski definition) is 3.